The molecule has 1 atom stereocenters. The van der Waals surface area contributed by atoms with E-state index < -0.39 is 35.8 Å². The zero-order valence-corrected chi connectivity index (χ0v) is 7.58. The van der Waals surface area contributed by atoms with Crippen molar-refractivity contribution in [2.45, 2.75) is 6.04 Å². The molecule has 0 aliphatic rings. The highest BCUT2D eigenvalue weighted by atomic mass is 19.1. The molecule has 4 N–H and O–H groups in total. The molecular formula is C9H9F2NO3. The molecule has 6 heteroatoms. The van der Waals surface area contributed by atoms with E-state index >= 15 is 0 Å². The first-order valence-electron chi connectivity index (χ1n) is 4.06. The normalized spacial score (nSPS) is 12.5. The number of hydrogen-bond acceptors (Lipinski definition) is 3. The molecule has 82 valence electrons. The predicted molar refractivity (Wildman–Crippen MR) is 47.3 cm³/mol. The molecule has 0 saturated carbocycles. The molecule has 1 aromatic carbocycles. The van der Waals surface area contributed by atoms with Gasteiger partial charge in [-0.25, -0.2) is 13.6 Å². The standard InChI is InChI=1S/C9H9F2NO3/c10-5-1-4(7(12)3-13)2-6(11)8(5)9(14)15/h1-2,7,13H,3,12H2,(H,14,15). The monoisotopic (exact) mass is 217 g/mol. The second kappa shape index (κ2) is 4.33. The SMILES string of the molecule is NC(CO)c1cc(F)c(C(=O)O)c(F)c1. The number of halogens is 2. The summed E-state index contributed by atoms with van der Waals surface area (Å²) in [5.41, 5.74) is 4.31. The van der Waals surface area contributed by atoms with Crippen molar-refractivity contribution in [3.63, 3.8) is 0 Å². The van der Waals surface area contributed by atoms with Crippen LogP contribution in [0.1, 0.15) is 22.0 Å². The van der Waals surface area contributed by atoms with Crippen LogP contribution in [0.4, 0.5) is 8.78 Å². The molecule has 0 aliphatic heterocycles. The van der Waals surface area contributed by atoms with Gasteiger partial charge in [-0.15, -0.1) is 0 Å². The minimum Gasteiger partial charge on any atom is -0.477 e. The second-order valence-electron chi connectivity index (χ2n) is 2.95. The third-order valence-electron chi connectivity index (χ3n) is 1.90. The summed E-state index contributed by atoms with van der Waals surface area (Å²) in [6, 6.07) is 0.665. The van der Waals surface area contributed by atoms with Crippen molar-refractivity contribution in [1.29, 1.82) is 0 Å². The van der Waals surface area contributed by atoms with Crippen LogP contribution < -0.4 is 5.73 Å². The Morgan fingerprint density at radius 1 is 1.40 bits per heavy atom. The van der Waals surface area contributed by atoms with E-state index in [4.69, 9.17) is 15.9 Å². The van der Waals surface area contributed by atoms with Crippen LogP contribution in [0.15, 0.2) is 12.1 Å². The van der Waals surface area contributed by atoms with E-state index in [1.807, 2.05) is 0 Å². The lowest BCUT2D eigenvalue weighted by molar-refractivity contribution is 0.0686. The molecule has 15 heavy (non-hydrogen) atoms. The summed E-state index contributed by atoms with van der Waals surface area (Å²) in [7, 11) is 0. The van der Waals surface area contributed by atoms with Crippen LogP contribution in [-0.4, -0.2) is 22.8 Å². The molecule has 1 aromatic rings. The molecule has 0 saturated heterocycles. The molecule has 1 unspecified atom stereocenters. The van der Waals surface area contributed by atoms with Gasteiger partial charge in [-0.1, -0.05) is 0 Å². The molecule has 4 nitrogen and oxygen atoms in total. The minimum absolute atomic E-state index is 0.0116. The highest BCUT2D eigenvalue weighted by Crippen LogP contribution is 2.19. The summed E-state index contributed by atoms with van der Waals surface area (Å²) in [5, 5.41) is 17.1. The van der Waals surface area contributed by atoms with Crippen LogP contribution in [-0.2, 0) is 0 Å². The topological polar surface area (TPSA) is 83.5 Å². The second-order valence-corrected chi connectivity index (χ2v) is 2.95. The number of aromatic carboxylic acids is 1. The van der Waals surface area contributed by atoms with E-state index in [-0.39, 0.29) is 5.56 Å². The molecule has 0 bridgehead atoms. The Balaban J connectivity index is 3.25. The van der Waals surface area contributed by atoms with Crippen LogP contribution in [0.3, 0.4) is 0 Å². The van der Waals surface area contributed by atoms with E-state index in [2.05, 4.69) is 0 Å². The Morgan fingerprint density at radius 3 is 2.20 bits per heavy atom. The maximum absolute atomic E-state index is 13.1. The van der Waals surface area contributed by atoms with E-state index in [1.165, 1.54) is 0 Å². The predicted octanol–water partition coefficient (Wildman–Crippen LogP) is 0.655. The molecular weight excluding hydrogens is 208 g/mol. The van der Waals surface area contributed by atoms with Gasteiger partial charge >= 0.3 is 5.97 Å². The average molecular weight is 217 g/mol. The minimum atomic E-state index is -1.69. The molecule has 0 radical (unpaired) electrons. The molecule has 0 amide bonds. The fraction of sp³-hybridized carbons (Fsp3) is 0.222. The first-order chi connectivity index (χ1) is 6.97. The van der Waals surface area contributed by atoms with Crippen molar-refractivity contribution >= 4 is 5.97 Å². The summed E-state index contributed by atoms with van der Waals surface area (Å²) in [4.78, 5) is 10.4. The van der Waals surface area contributed by atoms with Crippen molar-refractivity contribution in [3.8, 4) is 0 Å². The fourth-order valence-corrected chi connectivity index (χ4v) is 1.12. The Labute approximate surface area is 83.9 Å². The zero-order valence-electron chi connectivity index (χ0n) is 7.58. The van der Waals surface area contributed by atoms with Crippen LogP contribution >= 0.6 is 0 Å². The maximum Gasteiger partial charge on any atom is 0.341 e. The highest BCUT2D eigenvalue weighted by Gasteiger charge is 2.19. The summed E-state index contributed by atoms with van der Waals surface area (Å²) in [5.74, 6) is -4.10. The Hall–Kier alpha value is -1.53. The van der Waals surface area contributed by atoms with E-state index in [1.54, 1.807) is 0 Å². The molecule has 0 heterocycles. The number of carboxylic acid groups (broad SMARTS) is 1. The first kappa shape index (κ1) is 11.5. The van der Waals surface area contributed by atoms with Crippen LogP contribution in [0.2, 0.25) is 0 Å². The summed E-state index contributed by atoms with van der Waals surface area (Å²) in [6.07, 6.45) is 0. The summed E-state index contributed by atoms with van der Waals surface area (Å²) < 4.78 is 26.2. The number of hydrogen-bond donors (Lipinski definition) is 3. The maximum atomic E-state index is 13.1. The van der Waals surface area contributed by atoms with Crippen LogP contribution in [0, 0.1) is 11.6 Å². The lowest BCUT2D eigenvalue weighted by Crippen LogP contribution is -2.16. The third-order valence-corrected chi connectivity index (χ3v) is 1.90. The van der Waals surface area contributed by atoms with Gasteiger partial charge in [-0.05, 0) is 17.7 Å². The van der Waals surface area contributed by atoms with Gasteiger partial charge in [-0.3, -0.25) is 0 Å². The van der Waals surface area contributed by atoms with Crippen molar-refractivity contribution in [1.82, 2.24) is 0 Å². The van der Waals surface area contributed by atoms with Crippen molar-refractivity contribution in [2.24, 2.45) is 5.73 Å². The van der Waals surface area contributed by atoms with Crippen molar-refractivity contribution < 1.29 is 23.8 Å². The average Bonchev–Trinajstić information content (AvgIpc) is 2.14. The number of carboxylic acids is 1. The van der Waals surface area contributed by atoms with Gasteiger partial charge in [0.25, 0.3) is 0 Å². The first-order valence-corrected chi connectivity index (χ1v) is 4.06. The van der Waals surface area contributed by atoms with Gasteiger partial charge in [0.05, 0.1) is 12.6 Å². The van der Waals surface area contributed by atoms with Gasteiger partial charge in [0, 0.05) is 0 Å². The summed E-state index contributed by atoms with van der Waals surface area (Å²) in [6.45, 7) is -0.481. The quantitative estimate of drug-likeness (QED) is 0.694. The van der Waals surface area contributed by atoms with Crippen LogP contribution in [0.25, 0.3) is 0 Å². The molecule has 0 aliphatic carbocycles. The number of carbonyl (C=O) groups is 1. The van der Waals surface area contributed by atoms with E-state index in [0.717, 1.165) is 12.1 Å². The lowest BCUT2D eigenvalue weighted by atomic mass is 10.0. The van der Waals surface area contributed by atoms with Gasteiger partial charge in [0.1, 0.15) is 17.2 Å². The molecule has 0 spiro atoms. The Kier molecular flexibility index (Phi) is 3.33. The van der Waals surface area contributed by atoms with Gasteiger partial charge in [-0.2, -0.15) is 0 Å². The molecule has 1 rings (SSSR count). The molecule has 0 fully saturated rings. The fourth-order valence-electron chi connectivity index (χ4n) is 1.12. The highest BCUT2D eigenvalue weighted by molar-refractivity contribution is 5.88. The number of aliphatic hydroxyl groups excluding tert-OH is 1. The zero-order chi connectivity index (χ0) is 11.6. The number of benzene rings is 1. The van der Waals surface area contributed by atoms with Crippen LogP contribution in [0.5, 0.6) is 0 Å². The number of aliphatic hydroxyl groups is 1. The van der Waals surface area contributed by atoms with Gasteiger partial charge in [0.2, 0.25) is 0 Å². The summed E-state index contributed by atoms with van der Waals surface area (Å²) >= 11 is 0. The third kappa shape index (κ3) is 2.28. The Morgan fingerprint density at radius 2 is 1.87 bits per heavy atom. The smallest absolute Gasteiger partial charge is 0.341 e. The molecule has 0 aromatic heterocycles. The van der Waals surface area contributed by atoms with E-state index in [0.29, 0.717) is 0 Å². The van der Waals surface area contributed by atoms with E-state index in [9.17, 15) is 13.6 Å². The lowest BCUT2D eigenvalue weighted by Gasteiger charge is -2.10. The number of nitrogens with two attached hydrogens (primary N) is 1. The van der Waals surface area contributed by atoms with Crippen molar-refractivity contribution in [2.75, 3.05) is 6.61 Å². The number of rotatable bonds is 3. The Bertz CT molecular complexity index is 372. The van der Waals surface area contributed by atoms with Gasteiger partial charge < -0.3 is 15.9 Å². The largest absolute Gasteiger partial charge is 0.477 e. The van der Waals surface area contributed by atoms with Gasteiger partial charge in [0.15, 0.2) is 0 Å². The van der Waals surface area contributed by atoms with Crippen molar-refractivity contribution in [3.05, 3.63) is 34.9 Å².